The van der Waals surface area contributed by atoms with Crippen molar-refractivity contribution in [1.82, 2.24) is 10.2 Å². The van der Waals surface area contributed by atoms with E-state index in [2.05, 4.69) is 5.32 Å². The SMILES string of the molecule is CCc1ccc(C(=O)N2CCN(c3ccc(C#N)c(C(F)(F)F)c3)CC2C(=O)NCCOC)cc1. The zero-order chi connectivity index (χ0) is 25.6. The first-order chi connectivity index (χ1) is 16.7. The highest BCUT2D eigenvalue weighted by Gasteiger charge is 2.38. The quantitative estimate of drug-likeness (QED) is 0.605. The van der Waals surface area contributed by atoms with E-state index < -0.39 is 29.3 Å². The number of nitrogens with zero attached hydrogens (tertiary/aromatic N) is 3. The third-order valence-electron chi connectivity index (χ3n) is 5.95. The molecule has 7 nitrogen and oxygen atoms in total. The molecule has 186 valence electrons. The number of methoxy groups -OCH3 is 1. The molecule has 1 N–H and O–H groups in total. The summed E-state index contributed by atoms with van der Waals surface area (Å²) in [6, 6.07) is 11.2. The highest BCUT2D eigenvalue weighted by atomic mass is 19.4. The number of carbonyl (C=O) groups is 2. The Hall–Kier alpha value is -3.58. The van der Waals surface area contributed by atoms with Crippen LogP contribution in [0.4, 0.5) is 18.9 Å². The summed E-state index contributed by atoms with van der Waals surface area (Å²) in [5.41, 5.74) is 0.225. The number of hydrogen-bond acceptors (Lipinski definition) is 5. The van der Waals surface area contributed by atoms with Crippen LogP contribution in [0.2, 0.25) is 0 Å². The number of piperazine rings is 1. The Balaban J connectivity index is 1.89. The predicted molar refractivity (Wildman–Crippen MR) is 124 cm³/mol. The van der Waals surface area contributed by atoms with Crippen LogP contribution in [0.1, 0.15) is 34.0 Å². The average molecular weight is 489 g/mol. The Morgan fingerprint density at radius 1 is 1.17 bits per heavy atom. The van der Waals surface area contributed by atoms with Gasteiger partial charge in [-0.1, -0.05) is 19.1 Å². The van der Waals surface area contributed by atoms with Crippen LogP contribution in [0, 0.1) is 11.3 Å². The molecule has 2 aromatic rings. The van der Waals surface area contributed by atoms with Gasteiger partial charge in [0.1, 0.15) is 6.04 Å². The van der Waals surface area contributed by atoms with Crippen LogP contribution in [0.25, 0.3) is 0 Å². The lowest BCUT2D eigenvalue weighted by molar-refractivity contribution is -0.137. The van der Waals surface area contributed by atoms with Crippen molar-refractivity contribution < 1.29 is 27.5 Å². The topological polar surface area (TPSA) is 85.7 Å². The summed E-state index contributed by atoms with van der Waals surface area (Å²) in [7, 11) is 1.49. The highest BCUT2D eigenvalue weighted by Crippen LogP contribution is 2.35. The third kappa shape index (κ3) is 6.11. The number of amides is 2. The summed E-state index contributed by atoms with van der Waals surface area (Å²) in [5, 5.41) is 11.8. The molecule has 0 radical (unpaired) electrons. The van der Waals surface area contributed by atoms with Crippen LogP contribution in [0.3, 0.4) is 0 Å². The second-order valence-electron chi connectivity index (χ2n) is 8.13. The Kier molecular flexibility index (Phi) is 8.35. The van der Waals surface area contributed by atoms with Crippen LogP contribution in [0.5, 0.6) is 0 Å². The Bertz CT molecular complexity index is 1100. The second-order valence-corrected chi connectivity index (χ2v) is 8.13. The summed E-state index contributed by atoms with van der Waals surface area (Å²) in [6.07, 6.45) is -3.87. The number of anilines is 1. The largest absolute Gasteiger partial charge is 0.417 e. The van der Waals surface area contributed by atoms with Gasteiger partial charge in [-0.3, -0.25) is 9.59 Å². The van der Waals surface area contributed by atoms with Crippen LogP contribution in [-0.2, 0) is 22.1 Å². The summed E-state index contributed by atoms with van der Waals surface area (Å²) >= 11 is 0. The second kappa shape index (κ2) is 11.2. The van der Waals surface area contributed by atoms with Gasteiger partial charge in [-0.2, -0.15) is 18.4 Å². The van der Waals surface area contributed by atoms with E-state index in [0.29, 0.717) is 5.56 Å². The van der Waals surface area contributed by atoms with Gasteiger partial charge < -0.3 is 19.9 Å². The van der Waals surface area contributed by atoms with Crippen molar-refractivity contribution in [2.75, 3.05) is 44.8 Å². The van der Waals surface area contributed by atoms with Gasteiger partial charge in [0.25, 0.3) is 5.91 Å². The summed E-state index contributed by atoms with van der Waals surface area (Å²) < 4.78 is 45.4. The molecule has 1 atom stereocenters. The smallest absolute Gasteiger partial charge is 0.383 e. The number of carbonyl (C=O) groups excluding carboxylic acids is 2. The van der Waals surface area contributed by atoms with E-state index in [-0.39, 0.29) is 44.4 Å². The number of ether oxygens (including phenoxy) is 1. The number of alkyl halides is 3. The maximum atomic E-state index is 13.5. The summed E-state index contributed by atoms with van der Waals surface area (Å²) in [4.78, 5) is 29.4. The number of nitriles is 1. The molecule has 0 bridgehead atoms. The minimum Gasteiger partial charge on any atom is -0.383 e. The van der Waals surface area contributed by atoms with Crippen molar-refractivity contribution in [3.05, 3.63) is 64.7 Å². The van der Waals surface area contributed by atoms with Gasteiger partial charge in [0.05, 0.1) is 23.8 Å². The molecule has 0 spiro atoms. The molecule has 1 aliphatic rings. The molecule has 3 rings (SSSR count). The standard InChI is InChI=1S/C25H27F3N4O3/c1-3-17-4-6-18(7-5-17)24(34)32-12-11-31(16-22(32)23(33)30-10-13-35-2)20-9-8-19(15-29)21(14-20)25(26,27)28/h4-9,14,22H,3,10-13,16H2,1-2H3,(H,30,33). The lowest BCUT2D eigenvalue weighted by Crippen LogP contribution is -2.61. The van der Waals surface area contributed by atoms with Crippen LogP contribution >= 0.6 is 0 Å². The molecule has 1 fully saturated rings. The maximum Gasteiger partial charge on any atom is 0.417 e. The average Bonchev–Trinajstić information content (AvgIpc) is 2.87. The fraction of sp³-hybridized carbons (Fsp3) is 0.400. The molecule has 0 aromatic heterocycles. The number of halogens is 3. The fourth-order valence-electron chi connectivity index (χ4n) is 3.99. The maximum absolute atomic E-state index is 13.5. The molecule has 35 heavy (non-hydrogen) atoms. The molecular formula is C25H27F3N4O3. The van der Waals surface area contributed by atoms with Crippen molar-refractivity contribution in [3.63, 3.8) is 0 Å². The number of nitrogens with one attached hydrogen (secondary N) is 1. The van der Waals surface area contributed by atoms with Gasteiger partial charge in [0.15, 0.2) is 0 Å². The third-order valence-corrected chi connectivity index (χ3v) is 5.95. The minimum absolute atomic E-state index is 0.000790. The van der Waals surface area contributed by atoms with E-state index in [0.717, 1.165) is 24.1 Å². The van der Waals surface area contributed by atoms with E-state index >= 15 is 0 Å². The molecule has 0 saturated carbocycles. The zero-order valence-corrected chi connectivity index (χ0v) is 19.6. The van der Waals surface area contributed by atoms with Crippen LogP contribution < -0.4 is 10.2 Å². The van der Waals surface area contributed by atoms with Crippen molar-refractivity contribution in [2.45, 2.75) is 25.6 Å². The van der Waals surface area contributed by atoms with E-state index in [4.69, 9.17) is 10.00 Å². The van der Waals surface area contributed by atoms with Crippen molar-refractivity contribution >= 4 is 17.5 Å². The Morgan fingerprint density at radius 3 is 2.49 bits per heavy atom. The number of benzene rings is 2. The summed E-state index contributed by atoms with van der Waals surface area (Å²) in [6.45, 7) is 2.87. The van der Waals surface area contributed by atoms with Crippen LogP contribution in [-0.4, -0.2) is 62.7 Å². The first-order valence-electron chi connectivity index (χ1n) is 11.2. The number of hydrogen-bond donors (Lipinski definition) is 1. The van der Waals surface area contributed by atoms with Gasteiger partial charge in [-0.15, -0.1) is 0 Å². The molecule has 0 aliphatic carbocycles. The number of aryl methyl sites for hydroxylation is 1. The van der Waals surface area contributed by atoms with Gasteiger partial charge >= 0.3 is 6.18 Å². The van der Waals surface area contributed by atoms with Crippen molar-refractivity contribution in [3.8, 4) is 6.07 Å². The van der Waals surface area contributed by atoms with Crippen LogP contribution in [0.15, 0.2) is 42.5 Å². The molecule has 1 unspecified atom stereocenters. The predicted octanol–water partition coefficient (Wildman–Crippen LogP) is 3.23. The van der Waals surface area contributed by atoms with E-state index in [9.17, 15) is 22.8 Å². The van der Waals surface area contributed by atoms with Gasteiger partial charge in [0, 0.05) is 44.5 Å². The summed E-state index contributed by atoms with van der Waals surface area (Å²) in [5.74, 6) is -0.745. The first-order valence-corrected chi connectivity index (χ1v) is 11.2. The molecule has 2 amide bonds. The lowest BCUT2D eigenvalue weighted by atomic mass is 10.0. The minimum atomic E-state index is -4.69. The van der Waals surface area contributed by atoms with Crippen molar-refractivity contribution in [1.29, 1.82) is 5.26 Å². The molecule has 1 saturated heterocycles. The van der Waals surface area contributed by atoms with Gasteiger partial charge in [-0.25, -0.2) is 0 Å². The highest BCUT2D eigenvalue weighted by molar-refractivity contribution is 5.98. The van der Waals surface area contributed by atoms with Gasteiger partial charge in [0.2, 0.25) is 5.91 Å². The van der Waals surface area contributed by atoms with E-state index in [1.165, 1.54) is 18.1 Å². The fourth-order valence-corrected chi connectivity index (χ4v) is 3.99. The lowest BCUT2D eigenvalue weighted by Gasteiger charge is -2.41. The normalized spacial score (nSPS) is 16.1. The van der Waals surface area contributed by atoms with Gasteiger partial charge in [-0.05, 0) is 42.3 Å². The van der Waals surface area contributed by atoms with E-state index in [1.807, 2.05) is 19.1 Å². The first kappa shape index (κ1) is 26.0. The molecule has 2 aromatic carbocycles. The number of rotatable bonds is 7. The molecular weight excluding hydrogens is 461 g/mol. The molecule has 1 aliphatic heterocycles. The molecule has 10 heteroatoms. The zero-order valence-electron chi connectivity index (χ0n) is 19.6. The molecule has 1 heterocycles. The monoisotopic (exact) mass is 488 g/mol. The van der Waals surface area contributed by atoms with E-state index in [1.54, 1.807) is 23.1 Å². The van der Waals surface area contributed by atoms with Crippen molar-refractivity contribution in [2.24, 2.45) is 0 Å². The Labute approximate surface area is 202 Å². The Morgan fingerprint density at radius 2 is 1.89 bits per heavy atom.